The van der Waals surface area contributed by atoms with Gasteiger partial charge in [-0.1, -0.05) is 13.8 Å². The minimum Gasteiger partial charge on any atom is -0.457 e. The Morgan fingerprint density at radius 1 is 1.25 bits per heavy atom. The van der Waals surface area contributed by atoms with Crippen molar-refractivity contribution in [1.29, 1.82) is 5.26 Å². The summed E-state index contributed by atoms with van der Waals surface area (Å²) in [6.45, 7) is 5.45. The summed E-state index contributed by atoms with van der Waals surface area (Å²) in [6, 6.07) is 10.6. The Bertz CT molecular complexity index is 995. The molecule has 1 fully saturated rings. The number of urea groups is 1. The third kappa shape index (κ3) is 3.96. The fourth-order valence-electron chi connectivity index (χ4n) is 3.26. The van der Waals surface area contributed by atoms with Crippen molar-refractivity contribution in [2.75, 3.05) is 10.6 Å². The van der Waals surface area contributed by atoms with Crippen molar-refractivity contribution in [1.82, 2.24) is 0 Å². The number of carbonyl (C=O) groups is 2. The van der Waals surface area contributed by atoms with E-state index >= 15 is 0 Å². The first-order valence-corrected chi connectivity index (χ1v) is 8.77. The van der Waals surface area contributed by atoms with Crippen LogP contribution >= 0.6 is 0 Å². The molecule has 1 heterocycles. The number of esters is 1. The quantitative estimate of drug-likeness (QED) is 0.756. The number of aryl methyl sites for hydroxylation is 1. The highest BCUT2D eigenvalue weighted by Crippen LogP contribution is 2.46. The number of halogens is 1. The molecule has 2 aromatic rings. The van der Waals surface area contributed by atoms with Crippen molar-refractivity contribution in [3.8, 4) is 6.07 Å². The summed E-state index contributed by atoms with van der Waals surface area (Å²) in [5, 5.41) is 14.3. The largest absolute Gasteiger partial charge is 0.457 e. The van der Waals surface area contributed by atoms with Crippen LogP contribution in [0, 0.1) is 29.5 Å². The molecule has 28 heavy (non-hydrogen) atoms. The Morgan fingerprint density at radius 2 is 2.00 bits per heavy atom. The Morgan fingerprint density at radius 3 is 2.61 bits per heavy atom. The van der Waals surface area contributed by atoms with Gasteiger partial charge in [0.05, 0.1) is 18.1 Å². The van der Waals surface area contributed by atoms with Crippen LogP contribution in [0.25, 0.3) is 0 Å². The predicted octanol–water partition coefficient (Wildman–Crippen LogP) is 4.66. The molecule has 0 radical (unpaired) electrons. The number of nitrogens with one attached hydrogen (secondary N) is 2. The molecule has 7 heteroatoms. The molecule has 0 aromatic heterocycles. The number of hydrogen-bond donors (Lipinski definition) is 2. The SMILES string of the molecule is Cc1cc(C#N)ccc1NC(=O)Nc1ccc(F)c(C2OC(=O)CC2(C)C)c1. The maximum absolute atomic E-state index is 14.4. The molecule has 6 nitrogen and oxygen atoms in total. The van der Waals surface area contributed by atoms with E-state index in [1.165, 1.54) is 18.2 Å². The minimum absolute atomic E-state index is 0.202. The molecule has 2 amide bonds. The predicted molar refractivity (Wildman–Crippen MR) is 102 cm³/mol. The molecule has 2 N–H and O–H groups in total. The topological polar surface area (TPSA) is 91.2 Å². The van der Waals surface area contributed by atoms with E-state index in [1.807, 2.05) is 19.9 Å². The van der Waals surface area contributed by atoms with Crippen molar-refractivity contribution in [2.24, 2.45) is 5.41 Å². The number of nitrogens with zero attached hydrogens (tertiary/aromatic N) is 1. The van der Waals surface area contributed by atoms with E-state index in [-0.39, 0.29) is 18.0 Å². The lowest BCUT2D eigenvalue weighted by molar-refractivity contribution is -0.142. The molecule has 3 rings (SSSR count). The zero-order chi connectivity index (χ0) is 20.5. The standard InChI is InChI=1S/C21H20FN3O3/c1-12-8-13(11-23)4-7-17(12)25-20(27)24-14-5-6-16(22)15(9-14)19-21(2,3)10-18(26)28-19/h4-9,19H,10H2,1-3H3,(H2,24,25,27). The molecule has 1 unspecified atom stereocenters. The molecule has 1 aliphatic heterocycles. The zero-order valence-electron chi connectivity index (χ0n) is 15.8. The van der Waals surface area contributed by atoms with Crippen LogP contribution in [0.15, 0.2) is 36.4 Å². The van der Waals surface area contributed by atoms with Gasteiger partial charge >= 0.3 is 12.0 Å². The Kier molecular flexibility index (Phi) is 5.06. The van der Waals surface area contributed by atoms with Crippen molar-refractivity contribution < 1.29 is 18.7 Å². The number of benzene rings is 2. The van der Waals surface area contributed by atoms with Crippen LogP contribution in [0.2, 0.25) is 0 Å². The summed E-state index contributed by atoms with van der Waals surface area (Å²) in [4.78, 5) is 24.0. The van der Waals surface area contributed by atoms with Crippen molar-refractivity contribution in [3.63, 3.8) is 0 Å². The zero-order valence-corrected chi connectivity index (χ0v) is 15.8. The first kappa shape index (κ1) is 19.4. The number of anilines is 2. The van der Waals surface area contributed by atoms with Crippen LogP contribution in [0.1, 0.15) is 43.1 Å². The van der Waals surface area contributed by atoms with Gasteiger partial charge in [-0.05, 0) is 48.9 Å². The van der Waals surface area contributed by atoms with Gasteiger partial charge in [0.2, 0.25) is 0 Å². The Hall–Kier alpha value is -3.40. The van der Waals surface area contributed by atoms with Crippen LogP contribution in [0.5, 0.6) is 0 Å². The van der Waals surface area contributed by atoms with Gasteiger partial charge in [-0.3, -0.25) is 4.79 Å². The molecule has 1 saturated heterocycles. The third-order valence-electron chi connectivity index (χ3n) is 4.70. The Labute approximate surface area is 162 Å². The minimum atomic E-state index is -0.717. The second kappa shape index (κ2) is 7.31. The normalized spacial score (nSPS) is 17.5. The molecular formula is C21H20FN3O3. The third-order valence-corrected chi connectivity index (χ3v) is 4.70. The molecule has 1 aliphatic rings. The maximum atomic E-state index is 14.4. The highest BCUT2D eigenvalue weighted by molar-refractivity contribution is 6.00. The van der Waals surface area contributed by atoms with E-state index in [4.69, 9.17) is 10.00 Å². The lowest BCUT2D eigenvalue weighted by Crippen LogP contribution is -2.21. The summed E-state index contributed by atoms with van der Waals surface area (Å²) in [7, 11) is 0. The lowest BCUT2D eigenvalue weighted by atomic mass is 9.82. The van der Waals surface area contributed by atoms with Crippen molar-refractivity contribution in [2.45, 2.75) is 33.3 Å². The van der Waals surface area contributed by atoms with Gasteiger partial charge in [0.25, 0.3) is 0 Å². The van der Waals surface area contributed by atoms with Gasteiger partial charge in [-0.2, -0.15) is 5.26 Å². The van der Waals surface area contributed by atoms with Gasteiger partial charge in [-0.15, -0.1) is 0 Å². The van der Waals surface area contributed by atoms with Gasteiger partial charge in [0.1, 0.15) is 11.9 Å². The van der Waals surface area contributed by atoms with E-state index in [0.717, 1.165) is 5.56 Å². The second-order valence-electron chi connectivity index (χ2n) is 7.49. The van der Waals surface area contributed by atoms with Gasteiger partial charge in [0, 0.05) is 22.4 Å². The second-order valence-corrected chi connectivity index (χ2v) is 7.49. The molecule has 0 bridgehead atoms. The van der Waals surface area contributed by atoms with E-state index < -0.39 is 23.4 Å². The number of rotatable bonds is 3. The molecule has 144 valence electrons. The summed E-state index contributed by atoms with van der Waals surface area (Å²) in [6.07, 6.45) is -0.515. The fourth-order valence-corrected chi connectivity index (χ4v) is 3.26. The first-order chi connectivity index (χ1) is 13.2. The molecular weight excluding hydrogens is 361 g/mol. The van der Waals surface area contributed by atoms with Crippen LogP contribution in [-0.4, -0.2) is 12.0 Å². The molecule has 0 aliphatic carbocycles. The molecule has 0 saturated carbocycles. The highest BCUT2D eigenvalue weighted by Gasteiger charge is 2.43. The van der Waals surface area contributed by atoms with Crippen molar-refractivity contribution in [3.05, 3.63) is 58.9 Å². The van der Waals surface area contributed by atoms with Crippen LogP contribution in [0.3, 0.4) is 0 Å². The summed E-state index contributed by atoms with van der Waals surface area (Å²) >= 11 is 0. The first-order valence-electron chi connectivity index (χ1n) is 8.77. The molecule has 0 spiro atoms. The number of hydrogen-bond acceptors (Lipinski definition) is 4. The monoisotopic (exact) mass is 381 g/mol. The maximum Gasteiger partial charge on any atom is 0.323 e. The lowest BCUT2D eigenvalue weighted by Gasteiger charge is -2.24. The number of carbonyl (C=O) groups excluding carboxylic acids is 2. The summed E-state index contributed by atoms with van der Waals surface area (Å²) in [5.41, 5.74) is 1.86. The summed E-state index contributed by atoms with van der Waals surface area (Å²) < 4.78 is 19.7. The molecule has 2 aromatic carbocycles. The number of nitriles is 1. The number of ether oxygens (including phenoxy) is 1. The Balaban J connectivity index is 1.77. The smallest absolute Gasteiger partial charge is 0.323 e. The van der Waals surface area contributed by atoms with Gasteiger partial charge < -0.3 is 15.4 Å². The van der Waals surface area contributed by atoms with E-state index in [1.54, 1.807) is 25.1 Å². The van der Waals surface area contributed by atoms with Crippen LogP contribution in [-0.2, 0) is 9.53 Å². The van der Waals surface area contributed by atoms with Gasteiger partial charge in [0.15, 0.2) is 0 Å². The van der Waals surface area contributed by atoms with E-state index in [0.29, 0.717) is 16.9 Å². The van der Waals surface area contributed by atoms with Crippen LogP contribution < -0.4 is 10.6 Å². The average Bonchev–Trinajstić information content (AvgIpc) is 2.90. The van der Waals surface area contributed by atoms with Crippen LogP contribution in [0.4, 0.5) is 20.6 Å². The fraction of sp³-hybridized carbons (Fsp3) is 0.286. The van der Waals surface area contributed by atoms with Crippen molar-refractivity contribution >= 4 is 23.4 Å². The number of amides is 2. The number of cyclic esters (lactones) is 1. The highest BCUT2D eigenvalue weighted by atomic mass is 19.1. The van der Waals surface area contributed by atoms with E-state index in [2.05, 4.69) is 10.6 Å². The molecule has 1 atom stereocenters. The average molecular weight is 381 g/mol. The summed E-state index contributed by atoms with van der Waals surface area (Å²) in [5.74, 6) is -0.872. The van der Waals surface area contributed by atoms with E-state index in [9.17, 15) is 14.0 Å². The van der Waals surface area contributed by atoms with Gasteiger partial charge in [-0.25, -0.2) is 9.18 Å².